The van der Waals surface area contributed by atoms with E-state index in [0.717, 1.165) is 5.56 Å². The molecule has 0 spiro atoms. The third-order valence-corrected chi connectivity index (χ3v) is 2.44. The summed E-state index contributed by atoms with van der Waals surface area (Å²) in [6, 6.07) is 7.07. The number of ether oxygens (including phenoxy) is 1. The van der Waals surface area contributed by atoms with Crippen molar-refractivity contribution in [1.82, 2.24) is 10.2 Å². The molecule has 5 nitrogen and oxygen atoms in total. The number of aromatic nitrogens is 2. The average Bonchev–Trinajstić information content (AvgIpc) is 2.77. The quantitative estimate of drug-likeness (QED) is 0.799. The Labute approximate surface area is 109 Å². The zero-order valence-electron chi connectivity index (χ0n) is 9.88. The van der Waals surface area contributed by atoms with Crippen LogP contribution in [0.5, 0.6) is 0 Å². The standard InChI is InChI=1S/C12H11ClN2O3/c1-7(17-8(2)16)11-14-15-12(18-11)9-4-3-5-10(13)6-9/h3-7H,1-2H3/t7-/m1/s1. The number of hydrogen-bond donors (Lipinski definition) is 0. The maximum atomic E-state index is 10.8. The Balaban J connectivity index is 2.22. The molecule has 0 aliphatic rings. The zero-order chi connectivity index (χ0) is 13.1. The third kappa shape index (κ3) is 2.87. The van der Waals surface area contributed by atoms with Gasteiger partial charge in [-0.05, 0) is 25.1 Å². The van der Waals surface area contributed by atoms with Gasteiger partial charge >= 0.3 is 5.97 Å². The number of esters is 1. The van der Waals surface area contributed by atoms with E-state index in [1.54, 1.807) is 31.2 Å². The fraction of sp³-hybridized carbons (Fsp3) is 0.250. The van der Waals surface area contributed by atoms with E-state index in [9.17, 15) is 4.79 Å². The molecule has 0 saturated carbocycles. The van der Waals surface area contributed by atoms with Gasteiger partial charge in [-0.2, -0.15) is 0 Å². The van der Waals surface area contributed by atoms with Gasteiger partial charge in [-0.3, -0.25) is 4.79 Å². The van der Waals surface area contributed by atoms with E-state index >= 15 is 0 Å². The molecular weight excluding hydrogens is 256 g/mol. The Morgan fingerprint density at radius 1 is 1.44 bits per heavy atom. The molecule has 0 N–H and O–H groups in total. The maximum absolute atomic E-state index is 10.8. The second-order valence-corrected chi connectivity index (χ2v) is 4.14. The first-order valence-electron chi connectivity index (χ1n) is 5.33. The van der Waals surface area contributed by atoms with Crippen molar-refractivity contribution in [1.29, 1.82) is 0 Å². The van der Waals surface area contributed by atoms with E-state index < -0.39 is 12.1 Å². The summed E-state index contributed by atoms with van der Waals surface area (Å²) in [6.07, 6.45) is -0.567. The van der Waals surface area contributed by atoms with E-state index in [1.165, 1.54) is 6.92 Å². The Hall–Kier alpha value is -1.88. The highest BCUT2D eigenvalue weighted by Crippen LogP contribution is 2.24. The summed E-state index contributed by atoms with van der Waals surface area (Å²) in [5.41, 5.74) is 0.719. The first kappa shape index (κ1) is 12.6. The molecule has 0 bridgehead atoms. The lowest BCUT2D eigenvalue weighted by Crippen LogP contribution is -2.04. The summed E-state index contributed by atoms with van der Waals surface area (Å²) < 4.78 is 10.4. The molecule has 0 aliphatic carbocycles. The highest BCUT2D eigenvalue weighted by Gasteiger charge is 2.17. The van der Waals surface area contributed by atoms with Crippen LogP contribution in [0.25, 0.3) is 11.5 Å². The fourth-order valence-corrected chi connectivity index (χ4v) is 1.63. The summed E-state index contributed by atoms with van der Waals surface area (Å²) in [7, 11) is 0. The minimum atomic E-state index is -0.567. The normalized spacial score (nSPS) is 12.2. The van der Waals surface area contributed by atoms with E-state index in [-0.39, 0.29) is 5.89 Å². The predicted molar refractivity (Wildman–Crippen MR) is 64.9 cm³/mol. The summed E-state index contributed by atoms with van der Waals surface area (Å²) >= 11 is 5.87. The molecule has 0 saturated heterocycles. The average molecular weight is 267 g/mol. The Bertz CT molecular complexity index is 568. The van der Waals surface area contributed by atoms with E-state index in [2.05, 4.69) is 10.2 Å². The predicted octanol–water partition coefficient (Wildman–Crippen LogP) is 3.01. The fourth-order valence-electron chi connectivity index (χ4n) is 1.44. The zero-order valence-corrected chi connectivity index (χ0v) is 10.6. The number of halogens is 1. The van der Waals surface area contributed by atoms with Crippen molar-refractivity contribution < 1.29 is 13.9 Å². The van der Waals surface area contributed by atoms with Crippen LogP contribution in [-0.2, 0) is 9.53 Å². The molecule has 1 atom stereocenters. The number of nitrogens with zero attached hydrogens (tertiary/aromatic N) is 2. The van der Waals surface area contributed by atoms with Crippen LogP contribution in [0.4, 0.5) is 0 Å². The Kier molecular flexibility index (Phi) is 3.62. The summed E-state index contributed by atoms with van der Waals surface area (Å²) in [5.74, 6) is 0.191. The van der Waals surface area contributed by atoms with Crippen molar-refractivity contribution in [2.45, 2.75) is 20.0 Å². The van der Waals surface area contributed by atoms with Gasteiger partial charge < -0.3 is 9.15 Å². The summed E-state index contributed by atoms with van der Waals surface area (Å²) in [4.78, 5) is 10.8. The van der Waals surface area contributed by atoms with Crippen LogP contribution >= 0.6 is 11.6 Å². The van der Waals surface area contributed by atoms with Crippen LogP contribution in [0.1, 0.15) is 25.8 Å². The molecule has 6 heteroatoms. The number of hydrogen-bond acceptors (Lipinski definition) is 5. The van der Waals surface area contributed by atoms with Crippen LogP contribution in [0.2, 0.25) is 5.02 Å². The first-order valence-corrected chi connectivity index (χ1v) is 5.70. The molecule has 18 heavy (non-hydrogen) atoms. The van der Waals surface area contributed by atoms with Crippen LogP contribution in [0.3, 0.4) is 0 Å². The number of rotatable bonds is 3. The third-order valence-electron chi connectivity index (χ3n) is 2.20. The molecule has 0 unspecified atom stereocenters. The smallest absolute Gasteiger partial charge is 0.303 e. The lowest BCUT2D eigenvalue weighted by Gasteiger charge is -2.05. The number of benzene rings is 1. The van der Waals surface area contributed by atoms with Gasteiger partial charge in [0.05, 0.1) is 0 Å². The van der Waals surface area contributed by atoms with Gasteiger partial charge in [0.2, 0.25) is 5.89 Å². The largest absolute Gasteiger partial charge is 0.453 e. The summed E-state index contributed by atoms with van der Waals surface area (Å²) in [6.45, 7) is 2.99. The van der Waals surface area contributed by atoms with Crippen molar-refractivity contribution in [2.24, 2.45) is 0 Å². The molecule has 0 fully saturated rings. The lowest BCUT2D eigenvalue weighted by atomic mass is 10.2. The Morgan fingerprint density at radius 3 is 2.89 bits per heavy atom. The second-order valence-electron chi connectivity index (χ2n) is 3.71. The molecule has 1 aromatic heterocycles. The van der Waals surface area contributed by atoms with Gasteiger partial charge in [-0.1, -0.05) is 17.7 Å². The van der Waals surface area contributed by atoms with Crippen molar-refractivity contribution in [2.75, 3.05) is 0 Å². The van der Waals surface area contributed by atoms with E-state index in [1.807, 2.05) is 0 Å². The van der Waals surface area contributed by atoms with Crippen molar-refractivity contribution in [3.63, 3.8) is 0 Å². The second kappa shape index (κ2) is 5.18. The minimum Gasteiger partial charge on any atom is -0.453 e. The van der Waals surface area contributed by atoms with Gasteiger partial charge in [0.25, 0.3) is 5.89 Å². The van der Waals surface area contributed by atoms with E-state index in [4.69, 9.17) is 20.8 Å². The monoisotopic (exact) mass is 266 g/mol. The van der Waals surface area contributed by atoms with E-state index in [0.29, 0.717) is 10.9 Å². The maximum Gasteiger partial charge on any atom is 0.303 e. The Morgan fingerprint density at radius 2 is 2.22 bits per heavy atom. The van der Waals surface area contributed by atoms with Gasteiger partial charge in [0, 0.05) is 17.5 Å². The van der Waals surface area contributed by atoms with Crippen LogP contribution < -0.4 is 0 Å². The number of carbonyl (C=O) groups excluding carboxylic acids is 1. The van der Waals surface area contributed by atoms with Crippen LogP contribution in [-0.4, -0.2) is 16.2 Å². The molecule has 0 radical (unpaired) electrons. The van der Waals surface area contributed by atoms with Gasteiger partial charge in [-0.15, -0.1) is 10.2 Å². The molecule has 1 heterocycles. The molecule has 2 aromatic rings. The molecule has 1 aromatic carbocycles. The molecule has 0 amide bonds. The SMILES string of the molecule is CC(=O)O[C@H](C)c1nnc(-c2cccc(Cl)c2)o1. The first-order chi connectivity index (χ1) is 8.56. The highest BCUT2D eigenvalue weighted by atomic mass is 35.5. The van der Waals surface area contributed by atoms with Crippen molar-refractivity contribution in [3.05, 3.63) is 35.2 Å². The van der Waals surface area contributed by atoms with Gasteiger partial charge in [0.1, 0.15) is 0 Å². The molecule has 2 rings (SSSR count). The lowest BCUT2D eigenvalue weighted by molar-refractivity contribution is -0.146. The highest BCUT2D eigenvalue weighted by molar-refractivity contribution is 6.30. The van der Waals surface area contributed by atoms with Crippen molar-refractivity contribution in [3.8, 4) is 11.5 Å². The molecular formula is C12H11ClN2O3. The van der Waals surface area contributed by atoms with Gasteiger partial charge in [-0.25, -0.2) is 0 Å². The number of carbonyl (C=O) groups is 1. The topological polar surface area (TPSA) is 65.2 Å². The molecule has 0 aliphatic heterocycles. The van der Waals surface area contributed by atoms with Crippen LogP contribution in [0, 0.1) is 0 Å². The van der Waals surface area contributed by atoms with Crippen LogP contribution in [0.15, 0.2) is 28.7 Å². The van der Waals surface area contributed by atoms with Gasteiger partial charge in [0.15, 0.2) is 6.10 Å². The molecule has 94 valence electrons. The summed E-state index contributed by atoms with van der Waals surface area (Å²) in [5, 5.41) is 8.31. The minimum absolute atomic E-state index is 0.250. The van der Waals surface area contributed by atoms with Crippen molar-refractivity contribution >= 4 is 17.6 Å².